The second-order valence-electron chi connectivity index (χ2n) is 3.88. The van der Waals surface area contributed by atoms with Gasteiger partial charge in [-0.3, -0.25) is 0 Å². The Labute approximate surface area is 91.8 Å². The summed E-state index contributed by atoms with van der Waals surface area (Å²) in [6, 6.07) is 3.21. The maximum atomic E-state index is 9.51. The molecule has 0 unspecified atom stereocenters. The van der Waals surface area contributed by atoms with Gasteiger partial charge >= 0.3 is 0 Å². The highest BCUT2D eigenvalue weighted by atomic mass is 16.3. The zero-order valence-electron chi connectivity index (χ0n) is 8.64. The first kappa shape index (κ1) is 9.15. The average molecular weight is 213 g/mol. The van der Waals surface area contributed by atoms with Crippen molar-refractivity contribution in [2.45, 2.75) is 12.8 Å². The zero-order valence-corrected chi connectivity index (χ0v) is 8.64. The van der Waals surface area contributed by atoms with E-state index in [9.17, 15) is 5.11 Å². The molecule has 0 radical (unpaired) electrons. The third kappa shape index (κ3) is 1.31. The van der Waals surface area contributed by atoms with Gasteiger partial charge < -0.3 is 10.8 Å². The summed E-state index contributed by atoms with van der Waals surface area (Å²) >= 11 is 0. The van der Waals surface area contributed by atoms with Gasteiger partial charge in [0, 0.05) is 6.07 Å². The van der Waals surface area contributed by atoms with Gasteiger partial charge in [0.25, 0.3) is 0 Å². The highest BCUT2D eigenvalue weighted by molar-refractivity contribution is 5.81. The minimum absolute atomic E-state index is 0.0570. The molecule has 0 saturated carbocycles. The number of hydrogen-bond acceptors (Lipinski definition) is 4. The highest BCUT2D eigenvalue weighted by Crippen LogP contribution is 2.23. The molecular formula is C12H11N3O. The third-order valence-electron chi connectivity index (χ3n) is 2.71. The quantitative estimate of drug-likeness (QED) is 0.487. The fraction of sp³-hybridized carbons (Fsp3) is 0.167. The van der Waals surface area contributed by atoms with Crippen LogP contribution in [0.25, 0.3) is 23.2 Å². The molecule has 3 rings (SSSR count). The van der Waals surface area contributed by atoms with E-state index in [1.807, 2.05) is 0 Å². The van der Waals surface area contributed by atoms with Crippen molar-refractivity contribution in [2.24, 2.45) is 0 Å². The SMILES string of the molecule is Nc1cc2nc3c(nc2cc1O)=CCCC=3. The molecule has 1 aliphatic carbocycles. The molecule has 80 valence electrons. The number of nitrogen functional groups attached to an aromatic ring is 1. The second-order valence-corrected chi connectivity index (χ2v) is 3.88. The third-order valence-corrected chi connectivity index (χ3v) is 2.71. The molecule has 0 saturated heterocycles. The number of anilines is 1. The van der Waals surface area contributed by atoms with Crippen molar-refractivity contribution in [3.63, 3.8) is 0 Å². The van der Waals surface area contributed by atoms with E-state index in [4.69, 9.17) is 5.73 Å². The normalized spacial score (nSPS) is 14.0. The predicted molar refractivity (Wildman–Crippen MR) is 63.0 cm³/mol. The maximum Gasteiger partial charge on any atom is 0.140 e. The van der Waals surface area contributed by atoms with Crippen LogP contribution in [0.2, 0.25) is 0 Å². The Morgan fingerprint density at radius 3 is 2.19 bits per heavy atom. The number of phenolic OH excluding ortho intramolecular Hbond substituents is 1. The number of fused-ring (bicyclic) bond motifs is 2. The van der Waals surface area contributed by atoms with Crippen molar-refractivity contribution < 1.29 is 5.11 Å². The number of aromatic nitrogens is 2. The molecule has 2 aromatic rings. The largest absolute Gasteiger partial charge is 0.506 e. The predicted octanol–water partition coefficient (Wildman–Crippen LogP) is 0.272. The first-order chi connectivity index (χ1) is 7.74. The van der Waals surface area contributed by atoms with Gasteiger partial charge in [0.1, 0.15) is 5.75 Å². The molecule has 1 aromatic carbocycles. The summed E-state index contributed by atoms with van der Waals surface area (Å²) in [7, 11) is 0. The fourth-order valence-corrected chi connectivity index (χ4v) is 1.88. The lowest BCUT2D eigenvalue weighted by molar-refractivity contribution is 0.478. The first-order valence-corrected chi connectivity index (χ1v) is 5.21. The van der Waals surface area contributed by atoms with Crippen molar-refractivity contribution in [1.82, 2.24) is 9.97 Å². The van der Waals surface area contributed by atoms with Crippen LogP contribution < -0.4 is 16.4 Å². The van der Waals surface area contributed by atoms with Crippen molar-refractivity contribution >= 4 is 28.9 Å². The van der Waals surface area contributed by atoms with E-state index in [1.165, 1.54) is 0 Å². The van der Waals surface area contributed by atoms with Gasteiger partial charge in [0.05, 0.1) is 27.4 Å². The van der Waals surface area contributed by atoms with E-state index >= 15 is 0 Å². The Morgan fingerprint density at radius 1 is 1.00 bits per heavy atom. The first-order valence-electron chi connectivity index (χ1n) is 5.21. The lowest BCUT2D eigenvalue weighted by Gasteiger charge is -2.04. The minimum atomic E-state index is 0.0570. The van der Waals surface area contributed by atoms with Crippen LogP contribution in [0, 0.1) is 0 Å². The molecule has 1 aromatic heterocycles. The summed E-state index contributed by atoms with van der Waals surface area (Å²) in [6.07, 6.45) is 6.13. The second kappa shape index (κ2) is 3.20. The fourth-order valence-electron chi connectivity index (χ4n) is 1.88. The van der Waals surface area contributed by atoms with E-state index in [0.717, 1.165) is 29.1 Å². The molecular weight excluding hydrogens is 202 g/mol. The van der Waals surface area contributed by atoms with Crippen molar-refractivity contribution in [3.8, 4) is 5.75 Å². The van der Waals surface area contributed by atoms with E-state index in [0.29, 0.717) is 11.2 Å². The molecule has 1 aliphatic rings. The Bertz CT molecular complexity index is 631. The summed E-state index contributed by atoms with van der Waals surface area (Å²) in [6.45, 7) is 0. The van der Waals surface area contributed by atoms with E-state index < -0.39 is 0 Å². The van der Waals surface area contributed by atoms with Crippen LogP contribution in [0.15, 0.2) is 12.1 Å². The molecule has 1 heterocycles. The Hall–Kier alpha value is -2.10. The molecule has 3 N–H and O–H groups in total. The molecule has 0 amide bonds. The maximum absolute atomic E-state index is 9.51. The molecule has 16 heavy (non-hydrogen) atoms. The summed E-state index contributed by atoms with van der Waals surface area (Å²) in [4.78, 5) is 8.93. The molecule has 0 fully saturated rings. The molecule has 0 aliphatic heterocycles. The molecule has 0 spiro atoms. The molecule has 4 nitrogen and oxygen atoms in total. The molecule has 0 bridgehead atoms. The Kier molecular flexibility index (Phi) is 1.83. The number of nitrogens with zero attached hydrogens (tertiary/aromatic N) is 2. The Balaban J connectivity index is 2.46. The molecule has 4 heteroatoms. The lowest BCUT2D eigenvalue weighted by atomic mass is 10.2. The van der Waals surface area contributed by atoms with Crippen LogP contribution in [0.1, 0.15) is 12.8 Å². The zero-order chi connectivity index (χ0) is 11.1. The minimum Gasteiger partial charge on any atom is -0.506 e. The van der Waals surface area contributed by atoms with Gasteiger partial charge in [-0.2, -0.15) is 0 Å². The summed E-state index contributed by atoms with van der Waals surface area (Å²) in [5.41, 5.74) is 7.36. The van der Waals surface area contributed by atoms with E-state index in [1.54, 1.807) is 12.1 Å². The van der Waals surface area contributed by atoms with Gasteiger partial charge in [0.15, 0.2) is 0 Å². The average Bonchev–Trinajstić information content (AvgIpc) is 2.28. The van der Waals surface area contributed by atoms with Crippen LogP contribution in [-0.2, 0) is 0 Å². The standard InChI is InChI=1S/C12H11N3O/c13-7-5-10-11(6-12(7)16)15-9-4-2-1-3-8(9)14-10/h3-6,16H,1-2,13H2. The van der Waals surface area contributed by atoms with Crippen molar-refractivity contribution in [3.05, 3.63) is 22.8 Å². The number of rotatable bonds is 0. The van der Waals surface area contributed by atoms with Gasteiger partial charge in [-0.25, -0.2) is 9.97 Å². The Morgan fingerprint density at radius 2 is 1.56 bits per heavy atom. The topological polar surface area (TPSA) is 72.0 Å². The van der Waals surface area contributed by atoms with Gasteiger partial charge in [-0.1, -0.05) is 12.2 Å². The monoisotopic (exact) mass is 213 g/mol. The number of aromatic hydroxyl groups is 1. The summed E-state index contributed by atoms with van der Waals surface area (Å²) in [5, 5.41) is 11.3. The van der Waals surface area contributed by atoms with Crippen LogP contribution in [0.5, 0.6) is 5.75 Å². The van der Waals surface area contributed by atoms with Crippen LogP contribution in [-0.4, -0.2) is 15.1 Å². The van der Waals surface area contributed by atoms with Gasteiger partial charge in [0.2, 0.25) is 0 Å². The smallest absolute Gasteiger partial charge is 0.140 e. The van der Waals surface area contributed by atoms with E-state index in [2.05, 4.69) is 22.1 Å². The van der Waals surface area contributed by atoms with Crippen molar-refractivity contribution in [2.75, 3.05) is 5.73 Å². The lowest BCUT2D eigenvalue weighted by Crippen LogP contribution is -2.33. The van der Waals surface area contributed by atoms with E-state index in [-0.39, 0.29) is 5.75 Å². The number of hydrogen-bond donors (Lipinski definition) is 2. The van der Waals surface area contributed by atoms with Gasteiger partial charge in [-0.15, -0.1) is 0 Å². The summed E-state index contributed by atoms with van der Waals surface area (Å²) in [5.74, 6) is 0.0570. The van der Waals surface area contributed by atoms with Crippen LogP contribution >= 0.6 is 0 Å². The van der Waals surface area contributed by atoms with Crippen LogP contribution in [0.3, 0.4) is 0 Å². The number of benzene rings is 1. The number of nitrogens with two attached hydrogens (primary N) is 1. The van der Waals surface area contributed by atoms with Gasteiger partial charge in [-0.05, 0) is 18.9 Å². The van der Waals surface area contributed by atoms with Crippen LogP contribution in [0.4, 0.5) is 5.69 Å². The highest BCUT2D eigenvalue weighted by Gasteiger charge is 2.04. The summed E-state index contributed by atoms with van der Waals surface area (Å²) < 4.78 is 0. The molecule has 0 atom stereocenters. The van der Waals surface area contributed by atoms with Crippen molar-refractivity contribution in [1.29, 1.82) is 0 Å². The number of phenols is 1.